The first-order valence-corrected chi connectivity index (χ1v) is 7.54. The molecular formula is C13H10ClNO5S. The van der Waals surface area contributed by atoms with Gasteiger partial charge in [-0.3, -0.25) is 0 Å². The van der Waals surface area contributed by atoms with Crippen molar-refractivity contribution in [1.29, 1.82) is 0 Å². The molecule has 0 aliphatic carbocycles. The van der Waals surface area contributed by atoms with E-state index in [9.17, 15) is 13.2 Å². The Balaban J connectivity index is 2.42. The molecule has 110 valence electrons. The van der Waals surface area contributed by atoms with Crippen molar-refractivity contribution in [2.24, 2.45) is 5.14 Å². The summed E-state index contributed by atoms with van der Waals surface area (Å²) in [5.41, 5.74) is -0.00733. The van der Waals surface area contributed by atoms with Gasteiger partial charge < -0.3 is 9.84 Å². The Kier molecular flexibility index (Phi) is 4.17. The van der Waals surface area contributed by atoms with Crippen LogP contribution in [0.4, 0.5) is 0 Å². The fraction of sp³-hybridized carbons (Fsp3) is 0. The second kappa shape index (κ2) is 5.72. The molecule has 0 atom stereocenters. The quantitative estimate of drug-likeness (QED) is 0.897. The summed E-state index contributed by atoms with van der Waals surface area (Å²) in [7, 11) is -3.95. The number of para-hydroxylation sites is 1. The number of hydrogen-bond donors (Lipinski definition) is 2. The number of hydrogen-bond acceptors (Lipinski definition) is 4. The molecule has 21 heavy (non-hydrogen) atoms. The number of halogens is 1. The molecule has 0 unspecified atom stereocenters. The zero-order valence-corrected chi connectivity index (χ0v) is 12.1. The molecular weight excluding hydrogens is 318 g/mol. The molecule has 0 bridgehead atoms. The van der Waals surface area contributed by atoms with Gasteiger partial charge in [-0.15, -0.1) is 0 Å². The molecule has 0 saturated carbocycles. The van der Waals surface area contributed by atoms with Crippen LogP contribution >= 0.6 is 11.6 Å². The lowest BCUT2D eigenvalue weighted by molar-refractivity contribution is 0.0697. The van der Waals surface area contributed by atoms with Gasteiger partial charge in [0, 0.05) is 0 Å². The molecule has 2 rings (SSSR count). The first-order valence-electron chi connectivity index (χ1n) is 5.61. The van der Waals surface area contributed by atoms with Crippen molar-refractivity contribution in [2.75, 3.05) is 0 Å². The van der Waals surface area contributed by atoms with Crippen LogP contribution < -0.4 is 9.88 Å². The monoisotopic (exact) mass is 327 g/mol. The summed E-state index contributed by atoms with van der Waals surface area (Å²) in [6.45, 7) is 0. The third-order valence-corrected chi connectivity index (χ3v) is 3.80. The van der Waals surface area contributed by atoms with Gasteiger partial charge in [0.2, 0.25) is 10.0 Å². The Hall–Kier alpha value is -2.09. The zero-order chi connectivity index (χ0) is 15.6. The van der Waals surface area contributed by atoms with Gasteiger partial charge in [-0.05, 0) is 30.3 Å². The number of carbonyl (C=O) groups is 1. The predicted octanol–water partition coefficient (Wildman–Crippen LogP) is 2.48. The molecule has 2 aromatic rings. The minimum Gasteiger partial charge on any atom is -0.478 e. The van der Waals surface area contributed by atoms with Gasteiger partial charge in [0.1, 0.15) is 16.4 Å². The lowest BCUT2D eigenvalue weighted by Crippen LogP contribution is -2.13. The van der Waals surface area contributed by atoms with Crippen LogP contribution in [-0.2, 0) is 10.0 Å². The van der Waals surface area contributed by atoms with E-state index >= 15 is 0 Å². The minimum absolute atomic E-state index is 0.00461. The molecule has 0 aliphatic heterocycles. The third-order valence-electron chi connectivity index (χ3n) is 2.55. The SMILES string of the molecule is NS(=O)(=O)c1ccccc1Oc1ccc(C(=O)O)cc1Cl. The molecule has 8 heteroatoms. The number of ether oxygens (including phenoxy) is 1. The smallest absolute Gasteiger partial charge is 0.335 e. The van der Waals surface area contributed by atoms with Crippen LogP contribution in [0.15, 0.2) is 47.4 Å². The van der Waals surface area contributed by atoms with Crippen molar-refractivity contribution in [1.82, 2.24) is 0 Å². The molecule has 2 aromatic carbocycles. The number of aromatic carboxylic acids is 1. The van der Waals surface area contributed by atoms with Crippen LogP contribution in [0.25, 0.3) is 0 Å². The number of sulfonamides is 1. The third kappa shape index (κ3) is 3.52. The van der Waals surface area contributed by atoms with Crippen molar-refractivity contribution in [3.8, 4) is 11.5 Å². The van der Waals surface area contributed by atoms with Crippen molar-refractivity contribution in [3.05, 3.63) is 53.1 Å². The summed E-state index contributed by atoms with van der Waals surface area (Å²) in [6.07, 6.45) is 0. The van der Waals surface area contributed by atoms with Gasteiger partial charge in [0.15, 0.2) is 0 Å². The van der Waals surface area contributed by atoms with Gasteiger partial charge >= 0.3 is 5.97 Å². The first kappa shape index (κ1) is 15.3. The van der Waals surface area contributed by atoms with E-state index in [1.807, 2.05) is 0 Å². The Morgan fingerprint density at radius 1 is 1.14 bits per heavy atom. The first-order chi connectivity index (χ1) is 9.79. The molecule has 6 nitrogen and oxygen atoms in total. The van der Waals surface area contributed by atoms with E-state index in [0.29, 0.717) is 0 Å². The lowest BCUT2D eigenvalue weighted by atomic mass is 10.2. The van der Waals surface area contributed by atoms with Crippen LogP contribution in [0.1, 0.15) is 10.4 Å². The summed E-state index contributed by atoms with van der Waals surface area (Å²) < 4.78 is 28.3. The number of carboxylic acids is 1. The van der Waals surface area contributed by atoms with Crippen molar-refractivity contribution < 1.29 is 23.1 Å². The second-order valence-corrected chi connectivity index (χ2v) is 5.98. The van der Waals surface area contributed by atoms with E-state index in [-0.39, 0.29) is 27.0 Å². The average Bonchev–Trinajstić information content (AvgIpc) is 2.40. The number of rotatable bonds is 4. The van der Waals surface area contributed by atoms with Crippen LogP contribution in [0.3, 0.4) is 0 Å². The Bertz CT molecular complexity index is 804. The summed E-state index contributed by atoms with van der Waals surface area (Å²) >= 11 is 5.92. The van der Waals surface area contributed by atoms with E-state index < -0.39 is 16.0 Å². The van der Waals surface area contributed by atoms with Gasteiger partial charge in [-0.25, -0.2) is 18.4 Å². The molecule has 0 fully saturated rings. The molecule has 3 N–H and O–H groups in total. The Morgan fingerprint density at radius 3 is 2.38 bits per heavy atom. The normalized spacial score (nSPS) is 11.1. The van der Waals surface area contributed by atoms with Crippen molar-refractivity contribution >= 4 is 27.6 Å². The number of benzene rings is 2. The zero-order valence-electron chi connectivity index (χ0n) is 10.5. The van der Waals surface area contributed by atoms with E-state index in [0.717, 1.165) is 0 Å². The fourth-order valence-corrected chi connectivity index (χ4v) is 2.48. The maximum Gasteiger partial charge on any atom is 0.335 e. The Morgan fingerprint density at radius 2 is 1.81 bits per heavy atom. The van der Waals surface area contributed by atoms with Gasteiger partial charge in [0.05, 0.1) is 10.6 Å². The van der Waals surface area contributed by atoms with Gasteiger partial charge in [-0.1, -0.05) is 23.7 Å². The molecule has 0 aromatic heterocycles. The average molecular weight is 328 g/mol. The lowest BCUT2D eigenvalue weighted by Gasteiger charge is -2.11. The van der Waals surface area contributed by atoms with Gasteiger partial charge in [0.25, 0.3) is 0 Å². The Labute approximate surface area is 125 Å². The molecule has 0 amide bonds. The number of nitrogens with two attached hydrogens (primary N) is 1. The predicted molar refractivity (Wildman–Crippen MR) is 76.3 cm³/mol. The standard InChI is InChI=1S/C13H10ClNO5S/c14-9-7-8(13(16)17)5-6-10(9)20-11-3-1-2-4-12(11)21(15,18)19/h1-7H,(H,16,17)(H2,15,18,19). The highest BCUT2D eigenvalue weighted by Gasteiger charge is 2.16. The number of primary sulfonamides is 1. The summed E-state index contributed by atoms with van der Waals surface area (Å²) in [5.74, 6) is -1.00. The highest BCUT2D eigenvalue weighted by molar-refractivity contribution is 7.89. The highest BCUT2D eigenvalue weighted by atomic mass is 35.5. The fourth-order valence-electron chi connectivity index (χ4n) is 1.60. The van der Waals surface area contributed by atoms with E-state index in [2.05, 4.69) is 0 Å². The van der Waals surface area contributed by atoms with Crippen LogP contribution in [0, 0.1) is 0 Å². The van der Waals surface area contributed by atoms with Crippen molar-refractivity contribution in [3.63, 3.8) is 0 Å². The molecule has 0 aliphatic rings. The molecule has 0 saturated heterocycles. The van der Waals surface area contributed by atoms with Crippen molar-refractivity contribution in [2.45, 2.75) is 4.90 Å². The van der Waals surface area contributed by atoms with Gasteiger partial charge in [-0.2, -0.15) is 0 Å². The van der Waals surface area contributed by atoms with E-state index in [1.165, 1.54) is 36.4 Å². The van der Waals surface area contributed by atoms with E-state index in [1.54, 1.807) is 6.07 Å². The number of carboxylic acid groups (broad SMARTS) is 1. The van der Waals surface area contributed by atoms with Crippen LogP contribution in [-0.4, -0.2) is 19.5 Å². The van der Waals surface area contributed by atoms with E-state index in [4.69, 9.17) is 26.6 Å². The topological polar surface area (TPSA) is 107 Å². The molecule has 0 spiro atoms. The summed E-state index contributed by atoms with van der Waals surface area (Å²) in [6, 6.07) is 9.63. The highest BCUT2D eigenvalue weighted by Crippen LogP contribution is 2.33. The van der Waals surface area contributed by atoms with Crippen LogP contribution in [0.2, 0.25) is 5.02 Å². The minimum atomic E-state index is -3.95. The largest absolute Gasteiger partial charge is 0.478 e. The maximum atomic E-state index is 11.5. The maximum absolute atomic E-state index is 11.5. The van der Waals surface area contributed by atoms with Crippen LogP contribution in [0.5, 0.6) is 11.5 Å². The summed E-state index contributed by atoms with van der Waals surface area (Å²) in [4.78, 5) is 10.6. The summed E-state index contributed by atoms with van der Waals surface area (Å²) in [5, 5.41) is 14.0. The second-order valence-electron chi connectivity index (χ2n) is 4.04. The molecule has 0 heterocycles. The molecule has 0 radical (unpaired) electrons.